The van der Waals surface area contributed by atoms with E-state index in [4.69, 9.17) is 11.6 Å². The number of hydrogen-bond donors (Lipinski definition) is 3. The Bertz CT molecular complexity index is 596. The fraction of sp³-hybridized carbons (Fsp3) is 0.143. The molecular formula is C14H14ClN3O2. The van der Waals surface area contributed by atoms with E-state index in [1.54, 1.807) is 36.7 Å². The minimum atomic E-state index is -0.368. The Balaban J connectivity index is 1.78. The first-order valence-electron chi connectivity index (χ1n) is 6.08. The number of carbonyl (C=O) groups excluding carboxylic acids is 2. The topological polar surface area (TPSA) is 74.0 Å². The summed E-state index contributed by atoms with van der Waals surface area (Å²) in [7, 11) is 0. The molecule has 0 spiro atoms. The van der Waals surface area contributed by atoms with Crippen molar-refractivity contribution < 1.29 is 9.59 Å². The predicted octanol–water partition coefficient (Wildman–Crippen LogP) is 1.71. The molecular weight excluding hydrogens is 278 g/mol. The largest absolute Gasteiger partial charge is 0.367 e. The van der Waals surface area contributed by atoms with Gasteiger partial charge in [0.1, 0.15) is 0 Å². The summed E-state index contributed by atoms with van der Waals surface area (Å²) in [5.74, 6) is -0.626. The SMILES string of the molecule is O=C(CNC(=O)c1ccccc1Cl)NCc1cc[nH]c1. The molecule has 1 aromatic heterocycles. The number of benzene rings is 1. The summed E-state index contributed by atoms with van der Waals surface area (Å²) in [5, 5.41) is 5.59. The van der Waals surface area contributed by atoms with E-state index in [9.17, 15) is 9.59 Å². The van der Waals surface area contributed by atoms with Gasteiger partial charge in [0.15, 0.2) is 0 Å². The van der Waals surface area contributed by atoms with Crippen LogP contribution >= 0.6 is 11.6 Å². The highest BCUT2D eigenvalue weighted by Gasteiger charge is 2.10. The van der Waals surface area contributed by atoms with Gasteiger partial charge in [-0.15, -0.1) is 0 Å². The van der Waals surface area contributed by atoms with Crippen LogP contribution in [0.4, 0.5) is 0 Å². The van der Waals surface area contributed by atoms with Crippen molar-refractivity contribution in [1.29, 1.82) is 0 Å². The number of hydrogen-bond acceptors (Lipinski definition) is 2. The summed E-state index contributed by atoms with van der Waals surface area (Å²) >= 11 is 5.90. The number of amides is 2. The van der Waals surface area contributed by atoms with Gasteiger partial charge in [-0.05, 0) is 23.8 Å². The first kappa shape index (κ1) is 14.1. The van der Waals surface area contributed by atoms with Crippen LogP contribution in [0.3, 0.4) is 0 Å². The maximum absolute atomic E-state index is 11.8. The predicted molar refractivity (Wildman–Crippen MR) is 76.4 cm³/mol. The number of aromatic nitrogens is 1. The summed E-state index contributed by atoms with van der Waals surface area (Å²) in [4.78, 5) is 26.3. The van der Waals surface area contributed by atoms with E-state index in [-0.39, 0.29) is 18.4 Å². The lowest BCUT2D eigenvalue weighted by Gasteiger charge is -2.07. The van der Waals surface area contributed by atoms with Crippen LogP contribution in [0.1, 0.15) is 15.9 Å². The van der Waals surface area contributed by atoms with E-state index >= 15 is 0 Å². The number of carbonyl (C=O) groups is 2. The van der Waals surface area contributed by atoms with Crippen LogP contribution in [0.25, 0.3) is 0 Å². The Morgan fingerprint density at radius 1 is 1.15 bits per heavy atom. The van der Waals surface area contributed by atoms with Crippen molar-refractivity contribution in [2.45, 2.75) is 6.54 Å². The Morgan fingerprint density at radius 2 is 1.95 bits per heavy atom. The molecule has 2 rings (SSSR count). The fourth-order valence-corrected chi connectivity index (χ4v) is 1.85. The number of H-pyrrole nitrogens is 1. The molecule has 3 N–H and O–H groups in total. The molecule has 0 aliphatic heterocycles. The second-order valence-electron chi connectivity index (χ2n) is 4.16. The molecule has 1 aromatic carbocycles. The summed E-state index contributed by atoms with van der Waals surface area (Å²) < 4.78 is 0. The van der Waals surface area contributed by atoms with Crippen LogP contribution in [-0.2, 0) is 11.3 Å². The van der Waals surface area contributed by atoms with Crippen molar-refractivity contribution in [3.05, 3.63) is 58.9 Å². The fourth-order valence-electron chi connectivity index (χ4n) is 1.63. The van der Waals surface area contributed by atoms with Gasteiger partial charge in [0, 0.05) is 18.9 Å². The first-order valence-corrected chi connectivity index (χ1v) is 6.45. The molecule has 0 saturated carbocycles. The van der Waals surface area contributed by atoms with E-state index in [0.29, 0.717) is 17.1 Å². The van der Waals surface area contributed by atoms with E-state index in [0.717, 1.165) is 5.56 Å². The molecule has 0 radical (unpaired) electrons. The molecule has 0 fully saturated rings. The van der Waals surface area contributed by atoms with Crippen LogP contribution < -0.4 is 10.6 Å². The highest BCUT2D eigenvalue weighted by Crippen LogP contribution is 2.14. The highest BCUT2D eigenvalue weighted by atomic mass is 35.5. The van der Waals surface area contributed by atoms with Gasteiger partial charge in [0.25, 0.3) is 5.91 Å². The van der Waals surface area contributed by atoms with Crippen molar-refractivity contribution in [3.63, 3.8) is 0 Å². The van der Waals surface area contributed by atoms with E-state index in [2.05, 4.69) is 15.6 Å². The zero-order valence-corrected chi connectivity index (χ0v) is 11.4. The molecule has 6 heteroatoms. The second-order valence-corrected chi connectivity index (χ2v) is 4.57. The molecule has 0 aliphatic carbocycles. The third-order valence-corrected chi connectivity index (χ3v) is 3.01. The quantitative estimate of drug-likeness (QED) is 0.784. The molecule has 0 bridgehead atoms. The van der Waals surface area contributed by atoms with Crippen LogP contribution in [-0.4, -0.2) is 23.3 Å². The zero-order chi connectivity index (χ0) is 14.4. The van der Waals surface area contributed by atoms with Gasteiger partial charge in [-0.1, -0.05) is 23.7 Å². The van der Waals surface area contributed by atoms with Gasteiger partial charge in [0.05, 0.1) is 17.1 Å². The maximum Gasteiger partial charge on any atom is 0.253 e. The number of nitrogens with one attached hydrogen (secondary N) is 3. The zero-order valence-electron chi connectivity index (χ0n) is 10.7. The van der Waals surface area contributed by atoms with E-state index < -0.39 is 0 Å². The van der Waals surface area contributed by atoms with E-state index in [1.165, 1.54) is 0 Å². The first-order chi connectivity index (χ1) is 9.66. The molecule has 2 aromatic rings. The average Bonchev–Trinajstić information content (AvgIpc) is 2.96. The van der Waals surface area contributed by atoms with Crippen molar-refractivity contribution in [2.24, 2.45) is 0 Å². The van der Waals surface area contributed by atoms with Crippen LogP contribution in [0.5, 0.6) is 0 Å². The van der Waals surface area contributed by atoms with Crippen molar-refractivity contribution >= 4 is 23.4 Å². The monoisotopic (exact) mass is 291 g/mol. The Kier molecular flexibility index (Phi) is 4.79. The van der Waals surface area contributed by atoms with Crippen molar-refractivity contribution in [2.75, 3.05) is 6.54 Å². The molecule has 0 unspecified atom stereocenters. The third-order valence-electron chi connectivity index (χ3n) is 2.68. The van der Waals surface area contributed by atoms with Crippen molar-refractivity contribution in [3.8, 4) is 0 Å². The molecule has 0 atom stereocenters. The van der Waals surface area contributed by atoms with E-state index in [1.807, 2.05) is 6.07 Å². The minimum Gasteiger partial charge on any atom is -0.367 e. The molecule has 104 valence electrons. The van der Waals surface area contributed by atoms with Gasteiger partial charge in [-0.3, -0.25) is 9.59 Å². The van der Waals surface area contributed by atoms with Crippen LogP contribution in [0.2, 0.25) is 5.02 Å². The maximum atomic E-state index is 11.8. The minimum absolute atomic E-state index is 0.0888. The van der Waals surface area contributed by atoms with Gasteiger partial charge >= 0.3 is 0 Å². The number of aromatic amines is 1. The standard InChI is InChI=1S/C14H14ClN3O2/c15-12-4-2-1-3-11(12)14(20)18-9-13(19)17-8-10-5-6-16-7-10/h1-7,16H,8-9H2,(H,17,19)(H,18,20). The summed E-state index contributed by atoms with van der Waals surface area (Å²) in [6.45, 7) is 0.332. The molecule has 20 heavy (non-hydrogen) atoms. The normalized spacial score (nSPS) is 10.1. The second kappa shape index (κ2) is 6.77. The summed E-state index contributed by atoms with van der Waals surface area (Å²) in [5.41, 5.74) is 1.32. The van der Waals surface area contributed by atoms with Crippen LogP contribution in [0, 0.1) is 0 Å². The lowest BCUT2D eigenvalue weighted by Crippen LogP contribution is -2.36. The molecule has 0 saturated heterocycles. The highest BCUT2D eigenvalue weighted by molar-refractivity contribution is 6.33. The Labute approximate surface area is 121 Å². The van der Waals surface area contributed by atoms with Gasteiger partial charge < -0.3 is 15.6 Å². The third kappa shape index (κ3) is 3.86. The Hall–Kier alpha value is -2.27. The molecule has 1 heterocycles. The lowest BCUT2D eigenvalue weighted by atomic mass is 10.2. The van der Waals surface area contributed by atoms with Gasteiger partial charge in [-0.25, -0.2) is 0 Å². The number of rotatable bonds is 5. The smallest absolute Gasteiger partial charge is 0.253 e. The van der Waals surface area contributed by atoms with Gasteiger partial charge in [0.2, 0.25) is 5.91 Å². The Morgan fingerprint density at radius 3 is 2.65 bits per heavy atom. The number of halogens is 1. The van der Waals surface area contributed by atoms with Gasteiger partial charge in [-0.2, -0.15) is 0 Å². The molecule has 0 aliphatic rings. The lowest BCUT2D eigenvalue weighted by molar-refractivity contribution is -0.120. The summed E-state index contributed by atoms with van der Waals surface area (Å²) in [6.07, 6.45) is 3.57. The van der Waals surface area contributed by atoms with Crippen LogP contribution in [0.15, 0.2) is 42.7 Å². The average molecular weight is 292 g/mol. The van der Waals surface area contributed by atoms with Crippen molar-refractivity contribution in [1.82, 2.24) is 15.6 Å². The molecule has 5 nitrogen and oxygen atoms in total. The molecule has 2 amide bonds. The summed E-state index contributed by atoms with van der Waals surface area (Å²) in [6, 6.07) is 8.55.